The Balaban J connectivity index is -0.000000198. The first kappa shape index (κ1) is 112. The van der Waals surface area contributed by atoms with E-state index in [4.69, 9.17) is 57.5 Å². The molecule has 1 aliphatic carbocycles. The van der Waals surface area contributed by atoms with Crippen LogP contribution in [0.3, 0.4) is 0 Å². The zero-order valence-corrected chi connectivity index (χ0v) is 71.1. The molecule has 8 atom stereocenters. The van der Waals surface area contributed by atoms with Gasteiger partial charge in [-0.3, -0.25) is 46.5 Å². The molecule has 0 radical (unpaired) electrons. The predicted molar refractivity (Wildman–Crippen MR) is 383 cm³/mol. The molecule has 0 bridgehead atoms. The number of esters is 2. The number of ketones is 1. The lowest BCUT2D eigenvalue weighted by Crippen LogP contribution is -2.47. The lowest BCUT2D eigenvalue weighted by molar-refractivity contribution is -0.148. The molecule has 0 aromatic carbocycles. The summed E-state index contributed by atoms with van der Waals surface area (Å²) in [7, 11) is -15.8. The number of hydrogen-bond donors (Lipinski definition) is 11. The highest BCUT2D eigenvalue weighted by atomic mass is 31.2. The molecule has 0 amide bonds. The number of rotatable bonds is 17. The number of phosphoric acid groups is 4. The fraction of sp³-hybridized carbons (Fsp3) is 0.903. The van der Waals surface area contributed by atoms with E-state index in [1.807, 2.05) is 62.3 Å². The Hall–Kier alpha value is -2.07. The molecular weight excluding hydrogens is 1440 g/mol. The molecule has 34 nitrogen and oxygen atoms in total. The number of morpholine rings is 1. The Labute approximate surface area is 602 Å². The number of carbonyl (C=O) groups excluding carboxylic acids is 4. The van der Waals surface area contributed by atoms with Gasteiger partial charge in [-0.1, -0.05) is 74.0 Å². The molecule has 1 saturated heterocycles. The van der Waals surface area contributed by atoms with Crippen molar-refractivity contribution in [3.63, 3.8) is 0 Å². The Morgan fingerprint density at radius 3 is 1.18 bits per heavy atom. The van der Waals surface area contributed by atoms with E-state index in [1.54, 1.807) is 117 Å². The normalized spacial score (nSPS) is 18.9. The zero-order valence-electron chi connectivity index (χ0n) is 66.6. The fourth-order valence-electron chi connectivity index (χ4n) is 6.27. The first-order valence-electron chi connectivity index (χ1n) is 31.8. The molecule has 0 aromatic rings. The second-order valence-electron chi connectivity index (χ2n) is 31.7. The Morgan fingerprint density at radius 2 is 0.960 bits per heavy atom. The number of Topliss-reactive ketones (excluding diaryl/α,β-unsaturated/α-hetero) is 1. The summed E-state index contributed by atoms with van der Waals surface area (Å²) in [4.78, 5) is 97.1. The van der Waals surface area contributed by atoms with E-state index in [2.05, 4.69) is 67.8 Å². The van der Waals surface area contributed by atoms with Gasteiger partial charge in [0.15, 0.2) is 5.78 Å². The van der Waals surface area contributed by atoms with Gasteiger partial charge in [0, 0.05) is 45.7 Å². The minimum absolute atomic E-state index is 0.00588. The number of carbonyl (C=O) groups is 4. The number of nitrogens with one attached hydrogen (secondary N) is 1. The number of ether oxygens (including phenoxy) is 5. The van der Waals surface area contributed by atoms with Crippen LogP contribution in [0.5, 0.6) is 0 Å². The molecule has 11 N–H and O–H groups in total. The van der Waals surface area contributed by atoms with Crippen LogP contribution >= 0.6 is 38.9 Å². The van der Waals surface area contributed by atoms with Gasteiger partial charge in [-0.15, -0.1) is 0 Å². The summed E-state index contributed by atoms with van der Waals surface area (Å²) in [5.41, 5.74) is -2.28. The van der Waals surface area contributed by atoms with E-state index >= 15 is 0 Å². The summed E-state index contributed by atoms with van der Waals surface area (Å²) >= 11 is 0. The molecule has 2 rings (SSSR count). The van der Waals surface area contributed by atoms with Gasteiger partial charge in [-0.05, 0) is 161 Å². The number of methoxy groups -OCH3 is 1. The van der Waals surface area contributed by atoms with Gasteiger partial charge < -0.3 is 83.3 Å². The van der Waals surface area contributed by atoms with Crippen molar-refractivity contribution >= 4 is 62.8 Å². The van der Waals surface area contributed by atoms with Gasteiger partial charge >= 0.3 is 57.0 Å². The van der Waals surface area contributed by atoms with E-state index < -0.39 is 117 Å². The van der Waals surface area contributed by atoms with Crippen molar-refractivity contribution in [1.29, 1.82) is 0 Å². The molecule has 1 heterocycles. The van der Waals surface area contributed by atoms with Gasteiger partial charge in [0.2, 0.25) is 13.6 Å². The van der Waals surface area contributed by atoms with Crippen molar-refractivity contribution in [2.45, 2.75) is 272 Å². The highest BCUT2D eigenvalue weighted by Crippen LogP contribution is 2.49. The van der Waals surface area contributed by atoms with E-state index in [1.165, 1.54) is 13.6 Å². The largest absolute Gasteiger partial charge is 0.510 e. The number of hydrogen-bond acceptors (Lipinski definition) is 28. The maximum atomic E-state index is 11.2. The Bertz CT molecular complexity index is 2550. The quantitative estimate of drug-likeness (QED) is 0.0212. The number of nitrogens with zero attached hydrogens (tertiary/aromatic N) is 1. The lowest BCUT2D eigenvalue weighted by Gasteiger charge is -2.38. The third kappa shape index (κ3) is 88.5. The molecule has 8 unspecified atom stereocenters. The molecular formula is C62H135N2O32P5. The van der Waals surface area contributed by atoms with Crippen molar-refractivity contribution in [3.05, 3.63) is 11.6 Å². The molecule has 101 heavy (non-hydrogen) atoms. The fourth-order valence-corrected chi connectivity index (χ4v) is 10.6. The van der Waals surface area contributed by atoms with Crippen LogP contribution in [0.2, 0.25) is 0 Å². The number of phosphoric ester groups is 4. The molecule has 610 valence electrons. The maximum Gasteiger partial charge on any atom is 0.510 e. The van der Waals surface area contributed by atoms with E-state index in [9.17, 15) is 57.3 Å². The van der Waals surface area contributed by atoms with Crippen LogP contribution in [0.25, 0.3) is 0 Å². The summed E-state index contributed by atoms with van der Waals surface area (Å²) in [6.07, 6.45) is -2.08. The number of aliphatic hydroxyl groups is 4. The molecule has 39 heteroatoms. The summed E-state index contributed by atoms with van der Waals surface area (Å²) in [5, 5.41) is 39.7. The second kappa shape index (κ2) is 49.1. The lowest BCUT2D eigenvalue weighted by atomic mass is 9.78. The first-order chi connectivity index (χ1) is 44.2. The minimum Gasteiger partial charge on any atom is -0.464 e. The summed E-state index contributed by atoms with van der Waals surface area (Å²) in [6, 6.07) is 0. The van der Waals surface area contributed by atoms with Crippen molar-refractivity contribution < 1.29 is 152 Å². The van der Waals surface area contributed by atoms with E-state index in [-0.39, 0.29) is 34.5 Å². The van der Waals surface area contributed by atoms with Gasteiger partial charge in [-0.25, -0.2) is 32.1 Å². The predicted octanol–water partition coefficient (Wildman–Crippen LogP) is 10.9. The van der Waals surface area contributed by atoms with Crippen LogP contribution in [-0.2, 0) is 97.1 Å². The third-order valence-corrected chi connectivity index (χ3v) is 15.2. The Morgan fingerprint density at radius 1 is 0.584 bits per heavy atom. The first-order valence-corrected chi connectivity index (χ1v) is 39.9. The smallest absolute Gasteiger partial charge is 0.464 e. The number of aliphatic hydroxyl groups excluding tert-OH is 4. The second-order valence-corrected chi connectivity index (χ2v) is 38.9. The van der Waals surface area contributed by atoms with Crippen LogP contribution in [0.1, 0.15) is 214 Å². The standard InChI is InChI=1S/C10H18O3.C8H17NO2.C8H17NO.C8H16O2.C7H15O7P.C7H15O6P.C5H13O4P.C5H13O3P.C4H11O4P/c1-10(2,3)6-4-7(11)9(13)8(12)5-6;1-8(2,3)6-11-7(10)5-9-4;1-8(2,3)9-4-6-10-7-5-9;1-6(9)7(10)5-8(2,3)4;1-7(2,3)14-15(9,10)13-5-12-6(8)11-4;1-6(8)11-5-12-14(9,10)13-7(2,3)4;1-5(2,3)9-10(6,7)8-4;1-5(2,3)8-9(4,6)7;1-4(2,3)8-9(5,6)7/h4,7-9,11-13H,5H2,1-3H3;9H,5-6H2,1-4H3;4-7H2,1-3H3;6,9H,5H2,1-4H3;5H2,1-4H3,(H,9,10);5H2,1-4H3,(H,9,10);1-4H3,(H,6,7);1-4H3,(H,6,7);1-3H3,(H2,5,6,7). The van der Waals surface area contributed by atoms with Gasteiger partial charge in [0.25, 0.3) is 0 Å². The maximum absolute atomic E-state index is 11.2. The highest BCUT2D eigenvalue weighted by Gasteiger charge is 2.34. The van der Waals surface area contributed by atoms with Crippen molar-refractivity contribution in [1.82, 2.24) is 10.2 Å². The summed E-state index contributed by atoms with van der Waals surface area (Å²) in [5.74, 6) is -0.865. The third-order valence-electron chi connectivity index (χ3n) is 9.90. The number of likely N-dealkylation sites (N-methyl/N-ethyl adjacent to an activating group) is 1. The summed E-state index contributed by atoms with van der Waals surface area (Å²) < 4.78 is 113. The van der Waals surface area contributed by atoms with Crippen LogP contribution in [0, 0.1) is 16.2 Å². The van der Waals surface area contributed by atoms with Crippen LogP contribution in [0.15, 0.2) is 11.6 Å². The average molecular weight is 1580 g/mol. The summed E-state index contributed by atoms with van der Waals surface area (Å²) in [6.45, 7) is 56.6. The van der Waals surface area contributed by atoms with Crippen LogP contribution in [-0.4, -0.2) is 217 Å². The zero-order chi connectivity index (χ0) is 82.5. The topological polar surface area (TPSA) is 491 Å². The van der Waals surface area contributed by atoms with Crippen molar-refractivity contribution in [2.24, 2.45) is 16.2 Å². The van der Waals surface area contributed by atoms with Gasteiger partial charge in [0.1, 0.15) is 18.3 Å². The van der Waals surface area contributed by atoms with Gasteiger partial charge in [-0.2, -0.15) is 0 Å². The average Bonchev–Trinajstić information content (AvgIpc) is 0.825. The molecule has 2 aliphatic rings. The molecule has 1 aliphatic heterocycles. The van der Waals surface area contributed by atoms with Crippen molar-refractivity contribution in [3.8, 4) is 0 Å². The molecule has 0 aromatic heterocycles. The monoisotopic (exact) mass is 1570 g/mol. The van der Waals surface area contributed by atoms with Crippen LogP contribution in [0.4, 0.5) is 4.79 Å². The Kier molecular flexibility index (Phi) is 54.5. The van der Waals surface area contributed by atoms with E-state index in [0.717, 1.165) is 53.0 Å². The SMILES string of the molecule is CC(=O)OCOP(=O)(O)OC(C)(C)C.CC(C)(C)C1=CC(O)C(O)C(O)C1.CC(C)(C)N1CCOCC1.CC(C)(C)OP(=O)(O)O.CC(C)(C)OP(C)(=O)O.CC(O)C(=O)CC(C)(C)C.CNCC(=O)OCC(C)(C)C.COC(=O)OCOP(=O)(O)OC(C)(C)C.COP(=O)(O)OC(C)(C)C. The van der Waals surface area contributed by atoms with Crippen LogP contribution < -0.4 is 5.32 Å². The van der Waals surface area contributed by atoms with Crippen molar-refractivity contribution in [2.75, 3.05) is 81.0 Å². The minimum atomic E-state index is -4.29. The molecule has 1 fully saturated rings. The molecule has 0 saturated carbocycles. The highest BCUT2D eigenvalue weighted by molar-refractivity contribution is 7.52. The molecule has 0 spiro atoms. The van der Waals surface area contributed by atoms with E-state index in [0.29, 0.717) is 25.0 Å². The van der Waals surface area contributed by atoms with Gasteiger partial charge in [0.05, 0.1) is 67.6 Å².